The van der Waals surface area contributed by atoms with Crippen LogP contribution in [0.1, 0.15) is 57.7 Å². The highest BCUT2D eigenvalue weighted by molar-refractivity contribution is 5.82. The van der Waals surface area contributed by atoms with E-state index in [1.165, 1.54) is 6.42 Å². The Morgan fingerprint density at radius 2 is 1.93 bits per heavy atom. The summed E-state index contributed by atoms with van der Waals surface area (Å²) in [4.78, 5) is 34.1. The fourth-order valence-corrected chi connectivity index (χ4v) is 4.88. The smallest absolute Gasteiger partial charge is 0.248 e. The van der Waals surface area contributed by atoms with Gasteiger partial charge in [0.05, 0.1) is 0 Å². The van der Waals surface area contributed by atoms with Crippen molar-refractivity contribution in [2.24, 2.45) is 5.41 Å². The number of piperidine rings is 1. The standard InChI is InChI=1S/C22H36N4O3/c1-18-23-11-14-24(18)15-16-26(20(27)17-29-3)19-7-12-25(13-8-19)21(28)22(2)9-5-4-6-10-22/h11,14,19H,4-10,12-13,15-17H2,1-3H3. The van der Waals surface area contributed by atoms with Gasteiger partial charge in [0.25, 0.3) is 0 Å². The normalized spacial score (nSPS) is 19.9. The Morgan fingerprint density at radius 1 is 1.24 bits per heavy atom. The summed E-state index contributed by atoms with van der Waals surface area (Å²) in [5.41, 5.74) is -0.185. The highest BCUT2D eigenvalue weighted by Gasteiger charge is 2.39. The molecule has 0 N–H and O–H groups in total. The molecule has 1 saturated heterocycles. The molecule has 162 valence electrons. The fraction of sp³-hybridized carbons (Fsp3) is 0.773. The summed E-state index contributed by atoms with van der Waals surface area (Å²) in [6.07, 6.45) is 11.0. The van der Waals surface area contributed by atoms with Crippen molar-refractivity contribution < 1.29 is 14.3 Å². The Kier molecular flexibility index (Phi) is 7.33. The molecular weight excluding hydrogens is 368 g/mol. The van der Waals surface area contributed by atoms with Crippen LogP contribution in [0.25, 0.3) is 0 Å². The van der Waals surface area contributed by atoms with Gasteiger partial charge in [0, 0.05) is 57.1 Å². The van der Waals surface area contributed by atoms with E-state index in [0.717, 1.165) is 64.0 Å². The van der Waals surface area contributed by atoms with Gasteiger partial charge in [-0.3, -0.25) is 9.59 Å². The molecule has 0 aromatic carbocycles. The minimum Gasteiger partial charge on any atom is -0.375 e. The van der Waals surface area contributed by atoms with Crippen molar-refractivity contribution >= 4 is 11.8 Å². The van der Waals surface area contributed by atoms with Crippen LogP contribution in [-0.2, 0) is 20.9 Å². The fourth-order valence-electron chi connectivity index (χ4n) is 4.88. The predicted molar refractivity (Wildman–Crippen MR) is 111 cm³/mol. The molecule has 1 aliphatic carbocycles. The van der Waals surface area contributed by atoms with Crippen LogP contribution in [0, 0.1) is 12.3 Å². The highest BCUT2D eigenvalue weighted by atomic mass is 16.5. The lowest BCUT2D eigenvalue weighted by molar-refractivity contribution is -0.146. The second-order valence-corrected chi connectivity index (χ2v) is 8.83. The Bertz CT molecular complexity index is 688. The molecule has 7 heteroatoms. The number of nitrogens with zero attached hydrogens (tertiary/aromatic N) is 4. The molecule has 0 bridgehead atoms. The van der Waals surface area contributed by atoms with Gasteiger partial charge in [0.1, 0.15) is 12.4 Å². The van der Waals surface area contributed by atoms with Crippen molar-refractivity contribution in [3.05, 3.63) is 18.2 Å². The van der Waals surface area contributed by atoms with E-state index in [1.54, 1.807) is 13.3 Å². The number of rotatable bonds is 7. The van der Waals surface area contributed by atoms with Gasteiger partial charge in [-0.25, -0.2) is 4.98 Å². The SMILES string of the molecule is COCC(=O)N(CCn1ccnc1C)C1CCN(C(=O)C2(C)CCCCC2)CC1. The molecule has 1 aliphatic heterocycles. The van der Waals surface area contributed by atoms with Crippen LogP contribution in [0.4, 0.5) is 0 Å². The van der Waals surface area contributed by atoms with E-state index in [1.807, 2.05) is 22.9 Å². The van der Waals surface area contributed by atoms with Gasteiger partial charge < -0.3 is 19.1 Å². The maximum Gasteiger partial charge on any atom is 0.248 e. The van der Waals surface area contributed by atoms with E-state index in [-0.39, 0.29) is 24.0 Å². The van der Waals surface area contributed by atoms with Gasteiger partial charge in [0.2, 0.25) is 11.8 Å². The number of aromatic nitrogens is 2. The van der Waals surface area contributed by atoms with Crippen molar-refractivity contribution in [1.29, 1.82) is 0 Å². The van der Waals surface area contributed by atoms with Gasteiger partial charge in [-0.1, -0.05) is 26.2 Å². The quantitative estimate of drug-likeness (QED) is 0.701. The summed E-state index contributed by atoms with van der Waals surface area (Å²) >= 11 is 0. The van der Waals surface area contributed by atoms with E-state index >= 15 is 0 Å². The van der Waals surface area contributed by atoms with Crippen LogP contribution in [0.2, 0.25) is 0 Å². The van der Waals surface area contributed by atoms with Crippen LogP contribution in [0.15, 0.2) is 12.4 Å². The molecule has 2 heterocycles. The number of ether oxygens (including phenoxy) is 1. The van der Waals surface area contributed by atoms with Crippen LogP contribution in [0.3, 0.4) is 0 Å². The number of likely N-dealkylation sites (tertiary alicyclic amines) is 1. The largest absolute Gasteiger partial charge is 0.375 e. The Morgan fingerprint density at radius 3 is 2.52 bits per heavy atom. The van der Waals surface area contributed by atoms with Gasteiger partial charge in [-0.15, -0.1) is 0 Å². The van der Waals surface area contributed by atoms with E-state index in [0.29, 0.717) is 12.5 Å². The van der Waals surface area contributed by atoms with E-state index < -0.39 is 0 Å². The molecule has 0 atom stereocenters. The summed E-state index contributed by atoms with van der Waals surface area (Å²) < 4.78 is 7.18. The number of carbonyl (C=O) groups is 2. The monoisotopic (exact) mass is 404 g/mol. The molecule has 2 aliphatic rings. The molecule has 3 rings (SSSR count). The summed E-state index contributed by atoms with van der Waals surface area (Å²) in [6, 6.07) is 0.157. The Hall–Kier alpha value is -1.89. The molecular formula is C22H36N4O3. The summed E-state index contributed by atoms with van der Waals surface area (Å²) in [5.74, 6) is 1.29. The molecule has 1 aromatic heterocycles. The van der Waals surface area contributed by atoms with Crippen LogP contribution < -0.4 is 0 Å². The van der Waals surface area contributed by atoms with E-state index in [2.05, 4.69) is 16.5 Å². The number of hydrogen-bond donors (Lipinski definition) is 0. The maximum absolute atomic E-state index is 13.1. The first-order valence-corrected chi connectivity index (χ1v) is 11.0. The van der Waals surface area contributed by atoms with Crippen molar-refractivity contribution in [2.75, 3.05) is 33.4 Å². The number of carbonyl (C=O) groups excluding carboxylic acids is 2. The lowest BCUT2D eigenvalue weighted by Crippen LogP contribution is -2.53. The number of amides is 2. The third-order valence-corrected chi connectivity index (χ3v) is 6.76. The first kappa shape index (κ1) is 21.8. The van der Waals surface area contributed by atoms with Crippen LogP contribution >= 0.6 is 0 Å². The summed E-state index contributed by atoms with van der Waals surface area (Å²) in [6.45, 7) is 7.04. The van der Waals surface area contributed by atoms with Gasteiger partial charge in [-0.2, -0.15) is 0 Å². The third-order valence-electron chi connectivity index (χ3n) is 6.76. The third kappa shape index (κ3) is 5.18. The molecule has 1 aromatic rings. The first-order chi connectivity index (χ1) is 13.9. The topological polar surface area (TPSA) is 67.7 Å². The molecule has 2 amide bonds. The van der Waals surface area contributed by atoms with Gasteiger partial charge in [-0.05, 0) is 32.6 Å². The molecule has 2 fully saturated rings. The second-order valence-electron chi connectivity index (χ2n) is 8.83. The molecule has 29 heavy (non-hydrogen) atoms. The van der Waals surface area contributed by atoms with Gasteiger partial charge in [0.15, 0.2) is 0 Å². The van der Waals surface area contributed by atoms with Crippen molar-refractivity contribution in [1.82, 2.24) is 19.4 Å². The number of methoxy groups -OCH3 is 1. The number of hydrogen-bond acceptors (Lipinski definition) is 4. The molecule has 0 unspecified atom stereocenters. The van der Waals surface area contributed by atoms with Crippen molar-refractivity contribution in [3.63, 3.8) is 0 Å². The lowest BCUT2D eigenvalue weighted by atomic mass is 9.74. The number of imidazole rings is 1. The molecule has 0 spiro atoms. The zero-order valence-electron chi connectivity index (χ0n) is 18.2. The molecule has 7 nitrogen and oxygen atoms in total. The Balaban J connectivity index is 1.59. The predicted octanol–water partition coefficient (Wildman–Crippen LogP) is 2.63. The van der Waals surface area contributed by atoms with Gasteiger partial charge >= 0.3 is 0 Å². The van der Waals surface area contributed by atoms with E-state index in [9.17, 15) is 9.59 Å². The molecule has 1 saturated carbocycles. The van der Waals surface area contributed by atoms with Crippen LogP contribution in [0.5, 0.6) is 0 Å². The first-order valence-electron chi connectivity index (χ1n) is 11.0. The highest BCUT2D eigenvalue weighted by Crippen LogP contribution is 2.38. The van der Waals surface area contributed by atoms with Crippen LogP contribution in [-0.4, -0.2) is 70.6 Å². The minimum atomic E-state index is -0.185. The second kappa shape index (κ2) is 9.74. The minimum absolute atomic E-state index is 0.0225. The Labute approximate surface area is 174 Å². The van der Waals surface area contributed by atoms with Crippen molar-refractivity contribution in [2.45, 2.75) is 71.4 Å². The summed E-state index contributed by atoms with van der Waals surface area (Å²) in [5, 5.41) is 0. The zero-order chi connectivity index (χ0) is 20.9. The molecule has 0 radical (unpaired) electrons. The average Bonchev–Trinajstić information content (AvgIpc) is 3.14. The van der Waals surface area contributed by atoms with E-state index in [4.69, 9.17) is 4.74 Å². The summed E-state index contributed by atoms with van der Waals surface area (Å²) in [7, 11) is 1.56. The zero-order valence-corrected chi connectivity index (χ0v) is 18.2. The number of aryl methyl sites for hydroxylation is 1. The van der Waals surface area contributed by atoms with Crippen molar-refractivity contribution in [3.8, 4) is 0 Å². The maximum atomic E-state index is 13.1. The average molecular weight is 405 g/mol. The lowest BCUT2D eigenvalue weighted by Gasteiger charge is -2.42.